The van der Waals surface area contributed by atoms with Gasteiger partial charge in [0.2, 0.25) is 5.91 Å². The zero-order chi connectivity index (χ0) is 16.7. The van der Waals surface area contributed by atoms with Crippen molar-refractivity contribution in [3.05, 3.63) is 16.8 Å². The van der Waals surface area contributed by atoms with Crippen molar-refractivity contribution < 1.29 is 9.53 Å². The number of ether oxygens (including phenoxy) is 1. The van der Waals surface area contributed by atoms with Crippen LogP contribution < -0.4 is 4.90 Å². The lowest BCUT2D eigenvalue weighted by Gasteiger charge is -2.22. The van der Waals surface area contributed by atoms with Gasteiger partial charge in [-0.3, -0.25) is 14.4 Å². The first kappa shape index (κ1) is 15.8. The summed E-state index contributed by atoms with van der Waals surface area (Å²) in [5.41, 5.74) is 3.35. The van der Waals surface area contributed by atoms with Crippen LogP contribution in [0, 0.1) is 0 Å². The van der Waals surface area contributed by atoms with Gasteiger partial charge in [0.05, 0.1) is 24.5 Å². The van der Waals surface area contributed by atoms with Crippen molar-refractivity contribution in [2.24, 2.45) is 7.05 Å². The van der Waals surface area contributed by atoms with Crippen LogP contribution in [0.3, 0.4) is 0 Å². The highest BCUT2D eigenvalue weighted by atomic mass is 32.1. The van der Waals surface area contributed by atoms with E-state index in [9.17, 15) is 4.79 Å². The van der Waals surface area contributed by atoms with Gasteiger partial charge < -0.3 is 4.74 Å². The third-order valence-corrected chi connectivity index (χ3v) is 5.97. The Morgan fingerprint density at radius 3 is 3.12 bits per heavy atom. The Labute approximate surface area is 145 Å². The van der Waals surface area contributed by atoms with Crippen molar-refractivity contribution in [3.8, 4) is 11.3 Å². The second-order valence-electron chi connectivity index (χ2n) is 6.39. The summed E-state index contributed by atoms with van der Waals surface area (Å²) in [6, 6.07) is 0. The molecule has 1 aliphatic heterocycles. The molecular formula is C17H22N4O2S. The van der Waals surface area contributed by atoms with Crippen LogP contribution in [0.1, 0.15) is 36.8 Å². The molecule has 0 radical (unpaired) electrons. The Bertz CT molecular complexity index is 761. The van der Waals surface area contributed by atoms with Crippen LogP contribution in [0.25, 0.3) is 11.3 Å². The molecule has 2 aromatic heterocycles. The summed E-state index contributed by atoms with van der Waals surface area (Å²) in [5, 5.41) is 5.17. The normalized spacial score (nSPS) is 19.2. The van der Waals surface area contributed by atoms with Gasteiger partial charge in [0, 0.05) is 36.2 Å². The zero-order valence-corrected chi connectivity index (χ0v) is 14.9. The minimum Gasteiger partial charge on any atom is -0.376 e. The molecule has 2 aliphatic rings. The fraction of sp³-hybridized carbons (Fsp3) is 0.588. The van der Waals surface area contributed by atoms with Crippen molar-refractivity contribution in [2.75, 3.05) is 18.1 Å². The number of aryl methyl sites for hydroxylation is 2. The van der Waals surface area contributed by atoms with Crippen molar-refractivity contribution in [1.82, 2.24) is 14.8 Å². The Balaban J connectivity index is 1.67. The predicted molar refractivity (Wildman–Crippen MR) is 93.3 cm³/mol. The first-order valence-corrected chi connectivity index (χ1v) is 9.42. The lowest BCUT2D eigenvalue weighted by Crippen LogP contribution is -2.37. The molecule has 1 unspecified atom stereocenters. The van der Waals surface area contributed by atoms with Crippen LogP contribution >= 0.6 is 11.3 Å². The molecule has 1 saturated heterocycles. The lowest BCUT2D eigenvalue weighted by molar-refractivity contribution is -0.118. The number of anilines is 1. The molecule has 0 spiro atoms. The SMILES string of the molecule is CCC(=O)N(CC1CCCO1)c1nc2c(s1)CCc1c-2cnn1C. The van der Waals surface area contributed by atoms with Crippen LogP contribution in [0.2, 0.25) is 0 Å². The van der Waals surface area contributed by atoms with E-state index in [1.807, 2.05) is 29.7 Å². The maximum atomic E-state index is 12.5. The number of fused-ring (bicyclic) bond motifs is 3. The number of hydrogen-bond acceptors (Lipinski definition) is 5. The first-order valence-electron chi connectivity index (χ1n) is 8.60. The van der Waals surface area contributed by atoms with Crippen molar-refractivity contribution in [3.63, 3.8) is 0 Å². The summed E-state index contributed by atoms with van der Waals surface area (Å²) < 4.78 is 7.66. The molecule has 0 saturated carbocycles. The molecule has 128 valence electrons. The van der Waals surface area contributed by atoms with E-state index >= 15 is 0 Å². The van der Waals surface area contributed by atoms with Gasteiger partial charge in [-0.2, -0.15) is 5.10 Å². The Hall–Kier alpha value is -1.73. The van der Waals surface area contributed by atoms with E-state index in [-0.39, 0.29) is 12.0 Å². The number of aromatic nitrogens is 3. The monoisotopic (exact) mass is 346 g/mol. The van der Waals surface area contributed by atoms with Crippen molar-refractivity contribution >= 4 is 22.4 Å². The van der Waals surface area contributed by atoms with Gasteiger partial charge in [0.25, 0.3) is 0 Å². The van der Waals surface area contributed by atoms with Crippen molar-refractivity contribution in [1.29, 1.82) is 0 Å². The highest BCUT2D eigenvalue weighted by Gasteiger charge is 2.29. The number of rotatable bonds is 4. The molecule has 1 fully saturated rings. The molecule has 0 aromatic carbocycles. The molecule has 24 heavy (non-hydrogen) atoms. The third-order valence-electron chi connectivity index (χ3n) is 4.84. The van der Waals surface area contributed by atoms with Gasteiger partial charge in [-0.15, -0.1) is 11.3 Å². The van der Waals surface area contributed by atoms with E-state index in [2.05, 4.69) is 5.10 Å². The van der Waals surface area contributed by atoms with Gasteiger partial charge in [-0.25, -0.2) is 4.98 Å². The van der Waals surface area contributed by atoms with E-state index in [0.29, 0.717) is 13.0 Å². The predicted octanol–water partition coefficient (Wildman–Crippen LogP) is 2.56. The topological polar surface area (TPSA) is 60.3 Å². The van der Waals surface area contributed by atoms with Crippen molar-refractivity contribution in [2.45, 2.75) is 45.1 Å². The summed E-state index contributed by atoms with van der Waals surface area (Å²) in [4.78, 5) is 20.4. The molecule has 0 bridgehead atoms. The van der Waals surface area contributed by atoms with E-state index in [1.165, 1.54) is 10.6 Å². The molecule has 1 atom stereocenters. The van der Waals surface area contributed by atoms with Gasteiger partial charge >= 0.3 is 0 Å². The molecular weight excluding hydrogens is 324 g/mol. The highest BCUT2D eigenvalue weighted by Crippen LogP contribution is 2.39. The highest BCUT2D eigenvalue weighted by molar-refractivity contribution is 7.16. The summed E-state index contributed by atoms with van der Waals surface area (Å²) in [6.45, 7) is 3.31. The molecule has 1 amide bonds. The quantitative estimate of drug-likeness (QED) is 0.854. The van der Waals surface area contributed by atoms with Gasteiger partial charge in [-0.1, -0.05) is 6.92 Å². The summed E-state index contributed by atoms with van der Waals surface area (Å²) in [7, 11) is 1.97. The van der Waals surface area contributed by atoms with Crippen LogP contribution in [0.15, 0.2) is 6.20 Å². The maximum absolute atomic E-state index is 12.5. The standard InChI is InChI=1S/C17H22N4O2S/c1-3-15(22)21(10-11-5-4-8-23-11)17-19-16-12-9-18-20(2)13(12)6-7-14(16)24-17/h9,11H,3-8,10H2,1-2H3. The van der Waals surface area contributed by atoms with E-state index in [4.69, 9.17) is 9.72 Å². The van der Waals surface area contributed by atoms with E-state index < -0.39 is 0 Å². The molecule has 7 heteroatoms. The summed E-state index contributed by atoms with van der Waals surface area (Å²) >= 11 is 1.64. The molecule has 6 nitrogen and oxygen atoms in total. The Morgan fingerprint density at radius 1 is 1.50 bits per heavy atom. The number of carbonyl (C=O) groups is 1. The van der Waals surface area contributed by atoms with Gasteiger partial charge in [0.1, 0.15) is 0 Å². The van der Waals surface area contributed by atoms with Gasteiger partial charge in [0.15, 0.2) is 5.13 Å². The largest absolute Gasteiger partial charge is 0.376 e. The number of amides is 1. The molecule has 2 aromatic rings. The van der Waals surface area contributed by atoms with Crippen LogP contribution in [0.5, 0.6) is 0 Å². The average molecular weight is 346 g/mol. The van der Waals surface area contributed by atoms with Crippen LogP contribution in [-0.4, -0.2) is 39.9 Å². The number of hydrogen-bond donors (Lipinski definition) is 0. The molecule has 1 aliphatic carbocycles. The van der Waals surface area contributed by atoms with Gasteiger partial charge in [-0.05, 0) is 25.7 Å². The fourth-order valence-electron chi connectivity index (χ4n) is 3.49. The van der Waals surface area contributed by atoms with Crippen LogP contribution in [0.4, 0.5) is 5.13 Å². The number of nitrogens with zero attached hydrogens (tertiary/aromatic N) is 4. The second-order valence-corrected chi connectivity index (χ2v) is 7.45. The zero-order valence-electron chi connectivity index (χ0n) is 14.1. The first-order chi connectivity index (χ1) is 11.7. The Morgan fingerprint density at radius 2 is 2.38 bits per heavy atom. The molecule has 0 N–H and O–H groups in total. The van der Waals surface area contributed by atoms with Crippen LogP contribution in [-0.2, 0) is 29.4 Å². The molecule has 4 rings (SSSR count). The minimum absolute atomic E-state index is 0.114. The minimum atomic E-state index is 0.114. The maximum Gasteiger partial charge on any atom is 0.228 e. The Kier molecular flexibility index (Phi) is 4.14. The molecule has 3 heterocycles. The number of carbonyl (C=O) groups excluding carboxylic acids is 1. The average Bonchev–Trinajstić information content (AvgIpc) is 3.31. The van der Waals surface area contributed by atoms with E-state index in [0.717, 1.165) is 48.7 Å². The summed E-state index contributed by atoms with van der Waals surface area (Å²) in [6.07, 6.45) is 6.55. The second kappa shape index (κ2) is 6.29. The lowest BCUT2D eigenvalue weighted by atomic mass is 10.0. The smallest absolute Gasteiger partial charge is 0.228 e. The fourth-order valence-corrected chi connectivity index (χ4v) is 4.59. The van der Waals surface area contributed by atoms with E-state index in [1.54, 1.807) is 11.3 Å². The number of thiazole rings is 1. The third kappa shape index (κ3) is 2.65. The summed E-state index contributed by atoms with van der Waals surface area (Å²) in [5.74, 6) is 0.114.